The lowest BCUT2D eigenvalue weighted by Crippen LogP contribution is -2.60. The van der Waals surface area contributed by atoms with Crippen LogP contribution in [0.4, 0.5) is 0 Å². The number of nitrogens with one attached hydrogen (secondary N) is 1. The molecule has 3 nitrogen and oxygen atoms in total. The average Bonchev–Trinajstić information content (AvgIpc) is 2.36. The van der Waals surface area contributed by atoms with Gasteiger partial charge in [0.2, 0.25) is 0 Å². The molecule has 1 saturated carbocycles. The summed E-state index contributed by atoms with van der Waals surface area (Å²) in [7, 11) is 1.93. The normalized spacial score (nSPS) is 26.1. The van der Waals surface area contributed by atoms with Gasteiger partial charge in [0.15, 0.2) is 0 Å². The Bertz CT molecular complexity index is 459. The molecule has 6 heteroatoms. The average molecular weight is 369 g/mol. The van der Waals surface area contributed by atoms with E-state index in [-0.39, 0.29) is 12.2 Å². The summed E-state index contributed by atoms with van der Waals surface area (Å²) in [6, 6.07) is 3.79. The largest absolute Gasteiger partial charge is 0.486 e. The molecule has 3 atom stereocenters. The molecule has 1 aliphatic carbocycles. The van der Waals surface area contributed by atoms with Gasteiger partial charge in [-0.05, 0) is 36.0 Å². The predicted molar refractivity (Wildman–Crippen MR) is 81.5 cm³/mol. The predicted octanol–water partition coefficient (Wildman–Crippen LogP) is 3.90. The third kappa shape index (κ3) is 3.37. The Morgan fingerprint density at radius 1 is 1.37 bits per heavy atom. The van der Waals surface area contributed by atoms with Crippen molar-refractivity contribution in [2.45, 2.75) is 31.6 Å². The molecule has 1 aromatic rings. The van der Waals surface area contributed by atoms with Crippen molar-refractivity contribution in [3.8, 4) is 5.75 Å². The lowest BCUT2D eigenvalue weighted by atomic mass is 9.85. The maximum absolute atomic E-state index is 6.15. The fourth-order valence-electron chi connectivity index (χ4n) is 2.15. The lowest BCUT2D eigenvalue weighted by molar-refractivity contribution is -0.103. The molecule has 0 radical (unpaired) electrons. The van der Waals surface area contributed by atoms with Crippen molar-refractivity contribution in [2.24, 2.45) is 0 Å². The Kier molecular flexibility index (Phi) is 5.37. The minimum Gasteiger partial charge on any atom is -0.486 e. The van der Waals surface area contributed by atoms with Crippen LogP contribution in [0.2, 0.25) is 10.0 Å². The van der Waals surface area contributed by atoms with Gasteiger partial charge in [0.05, 0.1) is 10.0 Å². The first kappa shape index (κ1) is 15.4. The van der Waals surface area contributed by atoms with Gasteiger partial charge in [0.1, 0.15) is 18.0 Å². The third-order valence-electron chi connectivity index (χ3n) is 3.23. The van der Waals surface area contributed by atoms with Gasteiger partial charge in [0.25, 0.3) is 0 Å². The first-order valence-electron chi connectivity index (χ1n) is 6.16. The highest BCUT2D eigenvalue weighted by Crippen LogP contribution is 2.37. The molecular formula is C13H16BrCl2NO2. The smallest absolute Gasteiger partial charge is 0.140 e. The van der Waals surface area contributed by atoms with Crippen LogP contribution in [-0.4, -0.2) is 31.9 Å². The summed E-state index contributed by atoms with van der Waals surface area (Å²) in [5.74, 6) is 0.596. The summed E-state index contributed by atoms with van der Waals surface area (Å²) in [4.78, 5) is 0. The molecule has 0 aromatic heterocycles. The van der Waals surface area contributed by atoms with E-state index in [0.29, 0.717) is 28.4 Å². The summed E-state index contributed by atoms with van der Waals surface area (Å²) < 4.78 is 12.4. The van der Waals surface area contributed by atoms with Crippen LogP contribution in [0.3, 0.4) is 0 Å². The molecule has 0 saturated heterocycles. The zero-order valence-corrected chi connectivity index (χ0v) is 13.8. The standard InChI is InChI=1S/C13H16BrCl2NO2/c1-3-18-13-10(17-2)6-12(13)19-11-5-8(15)7(14)4-9(11)16/h4-5,10,12-13,17H,3,6H2,1-2H3. The molecule has 0 spiro atoms. The zero-order valence-electron chi connectivity index (χ0n) is 10.8. The minimum atomic E-state index is 0.00661. The summed E-state index contributed by atoms with van der Waals surface area (Å²) >= 11 is 15.5. The van der Waals surface area contributed by atoms with Crippen LogP contribution in [0, 0.1) is 0 Å². The van der Waals surface area contributed by atoms with Crippen molar-refractivity contribution in [3.05, 3.63) is 26.7 Å². The van der Waals surface area contributed by atoms with Gasteiger partial charge in [-0.2, -0.15) is 0 Å². The molecule has 106 valence electrons. The highest BCUT2D eigenvalue weighted by Gasteiger charge is 2.43. The van der Waals surface area contributed by atoms with E-state index in [1.54, 1.807) is 12.1 Å². The van der Waals surface area contributed by atoms with Gasteiger partial charge in [-0.25, -0.2) is 0 Å². The van der Waals surface area contributed by atoms with Crippen LogP contribution in [0.1, 0.15) is 13.3 Å². The van der Waals surface area contributed by atoms with Gasteiger partial charge < -0.3 is 14.8 Å². The first-order valence-corrected chi connectivity index (χ1v) is 7.71. The lowest BCUT2D eigenvalue weighted by Gasteiger charge is -2.43. The van der Waals surface area contributed by atoms with Crippen molar-refractivity contribution in [3.63, 3.8) is 0 Å². The van der Waals surface area contributed by atoms with Crippen LogP contribution in [0.15, 0.2) is 16.6 Å². The highest BCUT2D eigenvalue weighted by atomic mass is 79.9. The number of likely N-dealkylation sites (N-methyl/N-ethyl adjacent to an activating group) is 1. The van der Waals surface area contributed by atoms with Crippen molar-refractivity contribution in [1.29, 1.82) is 0 Å². The molecule has 19 heavy (non-hydrogen) atoms. The second-order valence-electron chi connectivity index (χ2n) is 4.40. The molecule has 1 aromatic carbocycles. The van der Waals surface area contributed by atoms with Crippen molar-refractivity contribution < 1.29 is 9.47 Å². The van der Waals surface area contributed by atoms with Crippen LogP contribution in [-0.2, 0) is 4.74 Å². The molecular weight excluding hydrogens is 353 g/mol. The SMILES string of the molecule is CCOC1C(NC)CC1Oc1cc(Cl)c(Br)cc1Cl. The Balaban J connectivity index is 2.07. The van der Waals surface area contributed by atoms with E-state index >= 15 is 0 Å². The summed E-state index contributed by atoms with van der Waals surface area (Å²) in [5.41, 5.74) is 0. The maximum Gasteiger partial charge on any atom is 0.140 e. The van der Waals surface area contributed by atoms with E-state index in [1.165, 1.54) is 0 Å². The Morgan fingerprint density at radius 2 is 2.11 bits per heavy atom. The van der Waals surface area contributed by atoms with Gasteiger partial charge in [-0.1, -0.05) is 23.2 Å². The Hall–Kier alpha value is -0.0000000000000000555. The fourth-order valence-corrected chi connectivity index (χ4v) is 2.99. The number of rotatable bonds is 5. The van der Waals surface area contributed by atoms with Crippen molar-refractivity contribution in [1.82, 2.24) is 5.32 Å². The van der Waals surface area contributed by atoms with E-state index in [2.05, 4.69) is 21.2 Å². The molecule has 2 rings (SSSR count). The van der Waals surface area contributed by atoms with E-state index < -0.39 is 0 Å². The van der Waals surface area contributed by atoms with Gasteiger partial charge in [0, 0.05) is 29.6 Å². The number of hydrogen-bond donors (Lipinski definition) is 1. The second kappa shape index (κ2) is 6.64. The fraction of sp³-hybridized carbons (Fsp3) is 0.538. The quantitative estimate of drug-likeness (QED) is 0.799. The first-order chi connectivity index (χ1) is 9.06. The second-order valence-corrected chi connectivity index (χ2v) is 6.07. The topological polar surface area (TPSA) is 30.5 Å². The molecule has 0 amide bonds. The van der Waals surface area contributed by atoms with E-state index in [9.17, 15) is 0 Å². The molecule has 1 aliphatic rings. The van der Waals surface area contributed by atoms with Crippen LogP contribution in [0.25, 0.3) is 0 Å². The Morgan fingerprint density at radius 3 is 2.74 bits per heavy atom. The number of halogens is 3. The monoisotopic (exact) mass is 367 g/mol. The number of hydrogen-bond acceptors (Lipinski definition) is 3. The Labute approximate surface area is 131 Å². The summed E-state index contributed by atoms with van der Waals surface area (Å²) in [6.45, 7) is 2.64. The molecule has 1 fully saturated rings. The van der Waals surface area contributed by atoms with Gasteiger partial charge in [-0.3, -0.25) is 0 Å². The number of ether oxygens (including phenoxy) is 2. The van der Waals surface area contributed by atoms with Crippen molar-refractivity contribution in [2.75, 3.05) is 13.7 Å². The molecule has 0 bridgehead atoms. The minimum absolute atomic E-state index is 0.00661. The van der Waals surface area contributed by atoms with Gasteiger partial charge in [-0.15, -0.1) is 0 Å². The molecule has 0 aliphatic heterocycles. The summed E-state index contributed by atoms with van der Waals surface area (Å²) in [5, 5.41) is 4.34. The van der Waals surface area contributed by atoms with Crippen LogP contribution < -0.4 is 10.1 Å². The van der Waals surface area contributed by atoms with Crippen molar-refractivity contribution >= 4 is 39.1 Å². The zero-order chi connectivity index (χ0) is 14.0. The maximum atomic E-state index is 6.15. The van der Waals surface area contributed by atoms with Crippen LogP contribution >= 0.6 is 39.1 Å². The number of benzene rings is 1. The van der Waals surface area contributed by atoms with E-state index in [0.717, 1.165) is 10.9 Å². The third-order valence-corrected chi connectivity index (χ3v) is 4.72. The van der Waals surface area contributed by atoms with Gasteiger partial charge >= 0.3 is 0 Å². The molecule has 3 unspecified atom stereocenters. The molecule has 1 N–H and O–H groups in total. The van der Waals surface area contributed by atoms with E-state index in [1.807, 2.05) is 14.0 Å². The molecule has 0 heterocycles. The summed E-state index contributed by atoms with van der Waals surface area (Å²) in [6.07, 6.45) is 0.950. The van der Waals surface area contributed by atoms with E-state index in [4.69, 9.17) is 32.7 Å². The highest BCUT2D eigenvalue weighted by molar-refractivity contribution is 9.10. The van der Waals surface area contributed by atoms with Crippen LogP contribution in [0.5, 0.6) is 5.75 Å².